The Kier molecular flexibility index (Phi) is 7.79. The van der Waals surface area contributed by atoms with Crippen molar-refractivity contribution in [2.24, 2.45) is 4.95 Å². The fraction of sp³-hybridized carbons (Fsp3) is 0.333. The molecule has 0 aliphatic carbocycles. The van der Waals surface area contributed by atoms with E-state index in [2.05, 4.69) is 22.4 Å². The van der Waals surface area contributed by atoms with Crippen LogP contribution in [0.2, 0.25) is 0 Å². The van der Waals surface area contributed by atoms with E-state index in [0.29, 0.717) is 26.1 Å². The van der Waals surface area contributed by atoms with Crippen LogP contribution in [0.5, 0.6) is 5.75 Å². The summed E-state index contributed by atoms with van der Waals surface area (Å²) in [6.45, 7) is 1.83. The highest BCUT2D eigenvalue weighted by atomic mass is 31.2. The highest BCUT2D eigenvalue weighted by Crippen LogP contribution is 2.41. The molecule has 1 atom stereocenters. The normalized spacial score (nSPS) is 13.2. The lowest BCUT2D eigenvalue weighted by molar-refractivity contribution is 0.322. The zero-order valence-electron chi connectivity index (χ0n) is 14.0. The van der Waals surface area contributed by atoms with Gasteiger partial charge in [-0.2, -0.15) is 0 Å². The molecule has 0 saturated heterocycles. The van der Waals surface area contributed by atoms with Gasteiger partial charge in [0.2, 0.25) is 0 Å². The second kappa shape index (κ2) is 10.1. The van der Waals surface area contributed by atoms with Crippen LogP contribution in [-0.4, -0.2) is 24.2 Å². The van der Waals surface area contributed by atoms with Crippen LogP contribution in [-0.2, 0) is 17.5 Å². The molecule has 2 aromatic carbocycles. The fourth-order valence-electron chi connectivity index (χ4n) is 2.32. The quantitative estimate of drug-likeness (QED) is 0.361. The maximum Gasteiger partial charge on any atom is 0.350 e. The van der Waals surface area contributed by atoms with E-state index in [4.69, 9.17) is 9.63 Å². The average Bonchev–Trinajstić information content (AvgIpc) is 2.63. The molecule has 6 nitrogen and oxygen atoms in total. The average molecular weight is 362 g/mol. The zero-order valence-corrected chi connectivity index (χ0v) is 14.9. The number of nitrogens with zero attached hydrogens (tertiary/aromatic N) is 1. The molecule has 0 heterocycles. The Morgan fingerprint density at radius 1 is 1.04 bits per heavy atom. The van der Waals surface area contributed by atoms with Gasteiger partial charge in [0.1, 0.15) is 5.75 Å². The van der Waals surface area contributed by atoms with E-state index in [9.17, 15) is 9.47 Å². The molecule has 0 spiro atoms. The first-order valence-corrected chi connectivity index (χ1v) is 10.0. The molecule has 0 bridgehead atoms. The van der Waals surface area contributed by atoms with Gasteiger partial charge >= 0.3 is 7.52 Å². The molecule has 0 aromatic heterocycles. The molecular weight excluding hydrogens is 339 g/mol. The number of hydrogen-bond acceptors (Lipinski definition) is 4. The van der Waals surface area contributed by atoms with Crippen molar-refractivity contribution in [3.8, 4) is 5.75 Å². The predicted molar refractivity (Wildman–Crippen MR) is 98.9 cm³/mol. The summed E-state index contributed by atoms with van der Waals surface area (Å²) in [7, 11) is -3.81. The topological polar surface area (TPSA) is 88.0 Å². The van der Waals surface area contributed by atoms with Gasteiger partial charge in [-0.25, -0.2) is 0 Å². The van der Waals surface area contributed by atoms with Crippen LogP contribution < -0.4 is 10.1 Å². The Bertz CT molecular complexity index is 692. The molecule has 1 unspecified atom stereocenters. The van der Waals surface area contributed by atoms with Gasteiger partial charge in [0, 0.05) is 24.1 Å². The number of rotatable bonds is 11. The molecule has 2 N–H and O–H groups in total. The van der Waals surface area contributed by atoms with Crippen molar-refractivity contribution in [2.45, 2.75) is 19.4 Å². The smallest absolute Gasteiger partial charge is 0.350 e. The predicted octanol–water partition coefficient (Wildman–Crippen LogP) is 3.74. The summed E-state index contributed by atoms with van der Waals surface area (Å²) in [5.41, 5.74) is 2.34. The molecule has 0 amide bonds. The largest absolute Gasteiger partial charge is 0.493 e. The Morgan fingerprint density at radius 3 is 2.44 bits per heavy atom. The maximum absolute atomic E-state index is 11.1. The summed E-state index contributed by atoms with van der Waals surface area (Å²) in [4.78, 5) is 21.4. The van der Waals surface area contributed by atoms with Crippen molar-refractivity contribution in [1.29, 1.82) is 0 Å². The van der Waals surface area contributed by atoms with E-state index < -0.39 is 7.52 Å². The molecule has 0 aliphatic heterocycles. The van der Waals surface area contributed by atoms with Crippen molar-refractivity contribution in [3.05, 3.63) is 70.6 Å². The Morgan fingerprint density at radius 2 is 1.76 bits per heavy atom. The number of hydrogen-bond donors (Lipinski definition) is 2. The van der Waals surface area contributed by atoms with Gasteiger partial charge in [0.05, 0.1) is 6.61 Å². The first-order chi connectivity index (χ1) is 12.1. The Balaban J connectivity index is 1.64. The molecule has 0 aliphatic rings. The fourth-order valence-corrected chi connectivity index (χ4v) is 2.97. The third-order valence-electron chi connectivity index (χ3n) is 3.69. The van der Waals surface area contributed by atoms with Gasteiger partial charge in [0.25, 0.3) is 0 Å². The van der Waals surface area contributed by atoms with Gasteiger partial charge in [-0.15, -0.1) is 4.91 Å². The van der Waals surface area contributed by atoms with Gasteiger partial charge in [0.15, 0.2) is 0 Å². The molecule has 0 radical (unpaired) electrons. The number of nitrogens with one attached hydrogen (secondary N) is 1. The standard InChI is InChI=1S/C18H23N2O4P/c21-20-25(22,23)14-4-12-19-15-17-7-9-18(10-8-17)24-13-11-16-5-2-1-3-6-16/h1-3,5-10,19H,4,11-15H2,(H,22,23). The molecule has 25 heavy (non-hydrogen) atoms. The van der Waals surface area contributed by atoms with Crippen LogP contribution in [0.15, 0.2) is 59.5 Å². The highest BCUT2D eigenvalue weighted by Gasteiger charge is 2.16. The minimum absolute atomic E-state index is 0.0856. The van der Waals surface area contributed by atoms with Crippen LogP contribution in [0, 0.1) is 4.91 Å². The molecule has 134 valence electrons. The molecule has 2 aromatic rings. The van der Waals surface area contributed by atoms with Crippen LogP contribution in [0.1, 0.15) is 17.5 Å². The first-order valence-electron chi connectivity index (χ1n) is 8.22. The van der Waals surface area contributed by atoms with Gasteiger partial charge in [-0.1, -0.05) is 42.5 Å². The van der Waals surface area contributed by atoms with E-state index in [1.807, 2.05) is 42.5 Å². The van der Waals surface area contributed by atoms with Gasteiger partial charge in [-0.3, -0.25) is 4.57 Å². The third kappa shape index (κ3) is 7.61. The van der Waals surface area contributed by atoms with Crippen LogP contribution in [0.3, 0.4) is 0 Å². The summed E-state index contributed by atoms with van der Waals surface area (Å²) in [6, 6.07) is 18.0. The van der Waals surface area contributed by atoms with E-state index in [-0.39, 0.29) is 6.16 Å². The monoisotopic (exact) mass is 362 g/mol. The number of ether oxygens (including phenoxy) is 1. The van der Waals surface area contributed by atoms with Crippen molar-refractivity contribution >= 4 is 7.52 Å². The number of benzene rings is 2. The van der Waals surface area contributed by atoms with Crippen molar-refractivity contribution < 1.29 is 14.2 Å². The van der Waals surface area contributed by atoms with E-state index in [0.717, 1.165) is 17.7 Å². The summed E-state index contributed by atoms with van der Waals surface area (Å²) >= 11 is 0. The maximum atomic E-state index is 11.1. The molecule has 2 rings (SSSR count). The van der Waals surface area contributed by atoms with Crippen molar-refractivity contribution in [3.63, 3.8) is 0 Å². The summed E-state index contributed by atoms with van der Waals surface area (Å²) < 4.78 is 16.8. The number of nitroso groups, excluding NO2 is 1. The van der Waals surface area contributed by atoms with Crippen LogP contribution >= 0.6 is 7.52 Å². The van der Waals surface area contributed by atoms with Gasteiger partial charge in [-0.05, 0) is 36.2 Å². The zero-order chi connectivity index (χ0) is 18.0. The Labute approximate surface area is 147 Å². The second-order valence-corrected chi connectivity index (χ2v) is 7.67. The third-order valence-corrected chi connectivity index (χ3v) is 4.84. The lowest BCUT2D eigenvalue weighted by atomic mass is 10.2. The van der Waals surface area contributed by atoms with Crippen LogP contribution in [0.4, 0.5) is 0 Å². The minimum Gasteiger partial charge on any atom is -0.493 e. The lowest BCUT2D eigenvalue weighted by Crippen LogP contribution is -2.15. The van der Waals surface area contributed by atoms with Crippen molar-refractivity contribution in [1.82, 2.24) is 5.32 Å². The molecule has 0 saturated carbocycles. The summed E-state index contributed by atoms with van der Waals surface area (Å²) in [5.74, 6) is 0.831. The van der Waals surface area contributed by atoms with E-state index >= 15 is 0 Å². The summed E-state index contributed by atoms with van der Waals surface area (Å²) in [6.07, 6.45) is 1.21. The Hall–Kier alpha value is -2.01. The van der Waals surface area contributed by atoms with Crippen LogP contribution in [0.25, 0.3) is 0 Å². The SMILES string of the molecule is O=NP(=O)(O)CCCNCc1ccc(OCCc2ccccc2)cc1. The molecular formula is C18H23N2O4P. The van der Waals surface area contributed by atoms with E-state index in [1.54, 1.807) is 0 Å². The summed E-state index contributed by atoms with van der Waals surface area (Å²) in [5, 5.41) is 3.17. The van der Waals surface area contributed by atoms with Crippen molar-refractivity contribution in [2.75, 3.05) is 19.3 Å². The molecule has 7 heteroatoms. The second-order valence-electron chi connectivity index (χ2n) is 5.73. The van der Waals surface area contributed by atoms with E-state index in [1.165, 1.54) is 5.56 Å². The highest BCUT2D eigenvalue weighted by molar-refractivity contribution is 7.56. The first kappa shape index (κ1) is 19.3. The van der Waals surface area contributed by atoms with Gasteiger partial charge < -0.3 is 14.9 Å². The lowest BCUT2D eigenvalue weighted by Gasteiger charge is -2.08. The minimum atomic E-state index is -3.81. The molecule has 0 fully saturated rings.